The first-order chi connectivity index (χ1) is 7.63. The van der Waals surface area contributed by atoms with E-state index in [2.05, 4.69) is 5.32 Å². The molecule has 0 saturated carbocycles. The predicted octanol–water partition coefficient (Wildman–Crippen LogP) is 3.48. The van der Waals surface area contributed by atoms with Crippen molar-refractivity contribution in [2.24, 2.45) is 0 Å². The standard InChI is InChI=1S/C12H15Cl2NO/c1-2-10(13)7-8-15-12(16)9-3-5-11(14)6-4-9/h3-6,10H,2,7-8H2,1H3,(H,15,16). The summed E-state index contributed by atoms with van der Waals surface area (Å²) in [5.41, 5.74) is 0.618. The van der Waals surface area contributed by atoms with Gasteiger partial charge >= 0.3 is 0 Å². The first-order valence-electron chi connectivity index (χ1n) is 5.31. The van der Waals surface area contributed by atoms with Gasteiger partial charge in [-0.2, -0.15) is 0 Å². The van der Waals surface area contributed by atoms with Gasteiger partial charge in [-0.25, -0.2) is 0 Å². The molecule has 0 aliphatic heterocycles. The highest BCUT2D eigenvalue weighted by molar-refractivity contribution is 6.30. The molecule has 88 valence electrons. The van der Waals surface area contributed by atoms with E-state index in [1.165, 1.54) is 0 Å². The molecule has 0 aliphatic rings. The van der Waals surface area contributed by atoms with Crippen LogP contribution in [0, 0.1) is 0 Å². The number of rotatable bonds is 5. The smallest absolute Gasteiger partial charge is 0.251 e. The van der Waals surface area contributed by atoms with Gasteiger partial charge in [0.25, 0.3) is 5.91 Å². The molecule has 1 rings (SSSR count). The minimum absolute atomic E-state index is 0.0864. The maximum atomic E-state index is 11.6. The molecule has 0 aromatic heterocycles. The number of benzene rings is 1. The minimum Gasteiger partial charge on any atom is -0.352 e. The zero-order valence-corrected chi connectivity index (χ0v) is 10.7. The van der Waals surface area contributed by atoms with Crippen LogP contribution in [0.3, 0.4) is 0 Å². The fourth-order valence-corrected chi connectivity index (χ4v) is 1.48. The molecule has 0 saturated heterocycles. The average Bonchev–Trinajstić information content (AvgIpc) is 2.29. The molecular formula is C12H15Cl2NO. The van der Waals surface area contributed by atoms with Crippen LogP contribution in [0.2, 0.25) is 5.02 Å². The number of halogens is 2. The van der Waals surface area contributed by atoms with Crippen LogP contribution < -0.4 is 5.32 Å². The fraction of sp³-hybridized carbons (Fsp3) is 0.417. The van der Waals surface area contributed by atoms with Crippen LogP contribution in [0.1, 0.15) is 30.1 Å². The Balaban J connectivity index is 2.38. The number of nitrogens with one attached hydrogen (secondary N) is 1. The van der Waals surface area contributed by atoms with Crippen molar-refractivity contribution in [3.8, 4) is 0 Å². The van der Waals surface area contributed by atoms with E-state index in [-0.39, 0.29) is 11.3 Å². The van der Waals surface area contributed by atoms with Gasteiger partial charge in [-0.15, -0.1) is 11.6 Å². The van der Waals surface area contributed by atoms with Gasteiger partial charge in [-0.1, -0.05) is 18.5 Å². The van der Waals surface area contributed by atoms with E-state index >= 15 is 0 Å². The van der Waals surface area contributed by atoms with E-state index in [0.717, 1.165) is 12.8 Å². The van der Waals surface area contributed by atoms with Crippen molar-refractivity contribution >= 4 is 29.1 Å². The maximum Gasteiger partial charge on any atom is 0.251 e. The second-order valence-electron chi connectivity index (χ2n) is 3.56. The van der Waals surface area contributed by atoms with Crippen molar-refractivity contribution in [1.29, 1.82) is 0 Å². The highest BCUT2D eigenvalue weighted by atomic mass is 35.5. The Bertz CT molecular complexity index is 337. The summed E-state index contributed by atoms with van der Waals surface area (Å²) < 4.78 is 0. The molecule has 0 radical (unpaired) electrons. The monoisotopic (exact) mass is 259 g/mol. The summed E-state index contributed by atoms with van der Waals surface area (Å²) >= 11 is 11.7. The van der Waals surface area contributed by atoms with Crippen LogP contribution in [0.4, 0.5) is 0 Å². The molecule has 1 atom stereocenters. The summed E-state index contributed by atoms with van der Waals surface area (Å²) in [7, 11) is 0. The van der Waals surface area contributed by atoms with Crippen LogP contribution in [-0.2, 0) is 0 Å². The van der Waals surface area contributed by atoms with Crippen molar-refractivity contribution in [2.45, 2.75) is 25.1 Å². The summed E-state index contributed by atoms with van der Waals surface area (Å²) in [6.07, 6.45) is 1.70. The predicted molar refractivity (Wildman–Crippen MR) is 68.3 cm³/mol. The molecule has 0 fully saturated rings. The lowest BCUT2D eigenvalue weighted by Crippen LogP contribution is -2.25. The van der Waals surface area contributed by atoms with Crippen LogP contribution in [0.5, 0.6) is 0 Å². The minimum atomic E-state index is -0.0864. The molecule has 16 heavy (non-hydrogen) atoms. The van der Waals surface area contributed by atoms with E-state index in [1.54, 1.807) is 24.3 Å². The molecule has 1 unspecified atom stereocenters. The van der Waals surface area contributed by atoms with E-state index in [1.807, 2.05) is 6.92 Å². The average molecular weight is 260 g/mol. The van der Waals surface area contributed by atoms with Gasteiger partial charge in [-0.05, 0) is 37.1 Å². The van der Waals surface area contributed by atoms with E-state index < -0.39 is 0 Å². The molecule has 1 aromatic carbocycles. The third kappa shape index (κ3) is 4.42. The van der Waals surface area contributed by atoms with Crippen LogP contribution in [0.25, 0.3) is 0 Å². The number of carbonyl (C=O) groups excluding carboxylic acids is 1. The Morgan fingerprint density at radius 2 is 2.00 bits per heavy atom. The van der Waals surface area contributed by atoms with Gasteiger partial charge in [0, 0.05) is 22.5 Å². The normalized spacial score (nSPS) is 12.2. The number of amides is 1. The van der Waals surface area contributed by atoms with Crippen LogP contribution in [-0.4, -0.2) is 17.8 Å². The van der Waals surface area contributed by atoms with Crippen LogP contribution in [0.15, 0.2) is 24.3 Å². The Hall–Kier alpha value is -0.730. The van der Waals surface area contributed by atoms with Crippen molar-refractivity contribution in [3.63, 3.8) is 0 Å². The van der Waals surface area contributed by atoms with Gasteiger partial charge in [0.2, 0.25) is 0 Å². The second kappa shape index (κ2) is 6.77. The first kappa shape index (κ1) is 13.3. The first-order valence-corrected chi connectivity index (χ1v) is 6.12. The SMILES string of the molecule is CCC(Cl)CCNC(=O)c1ccc(Cl)cc1. The van der Waals surface area contributed by atoms with E-state index in [4.69, 9.17) is 23.2 Å². The zero-order chi connectivity index (χ0) is 12.0. The molecule has 2 nitrogen and oxygen atoms in total. The van der Waals surface area contributed by atoms with Gasteiger partial charge in [-0.3, -0.25) is 4.79 Å². The van der Waals surface area contributed by atoms with E-state index in [9.17, 15) is 4.79 Å². The second-order valence-corrected chi connectivity index (χ2v) is 4.61. The summed E-state index contributed by atoms with van der Waals surface area (Å²) in [5.74, 6) is -0.0864. The molecule has 0 aliphatic carbocycles. The number of hydrogen-bond acceptors (Lipinski definition) is 1. The Morgan fingerprint density at radius 1 is 1.38 bits per heavy atom. The molecule has 1 aromatic rings. The molecule has 1 amide bonds. The lowest BCUT2D eigenvalue weighted by molar-refractivity contribution is 0.0953. The van der Waals surface area contributed by atoms with Crippen LogP contribution >= 0.6 is 23.2 Å². The molecule has 0 bridgehead atoms. The number of alkyl halides is 1. The third-order valence-corrected chi connectivity index (χ3v) is 3.07. The largest absolute Gasteiger partial charge is 0.352 e. The topological polar surface area (TPSA) is 29.1 Å². The van der Waals surface area contributed by atoms with Gasteiger partial charge in [0.15, 0.2) is 0 Å². The maximum absolute atomic E-state index is 11.6. The highest BCUT2D eigenvalue weighted by Gasteiger charge is 2.06. The van der Waals surface area contributed by atoms with E-state index in [0.29, 0.717) is 17.1 Å². The summed E-state index contributed by atoms with van der Waals surface area (Å²) in [5, 5.41) is 3.58. The lowest BCUT2D eigenvalue weighted by atomic mass is 10.2. The Morgan fingerprint density at radius 3 is 2.56 bits per heavy atom. The summed E-state index contributed by atoms with van der Waals surface area (Å²) in [6.45, 7) is 2.63. The summed E-state index contributed by atoms with van der Waals surface area (Å²) in [4.78, 5) is 11.6. The van der Waals surface area contributed by atoms with Gasteiger partial charge in [0.05, 0.1) is 0 Å². The molecular weight excluding hydrogens is 245 g/mol. The summed E-state index contributed by atoms with van der Waals surface area (Å²) in [6, 6.07) is 6.81. The number of carbonyl (C=O) groups is 1. The number of hydrogen-bond donors (Lipinski definition) is 1. The third-order valence-electron chi connectivity index (χ3n) is 2.29. The molecule has 0 spiro atoms. The van der Waals surface area contributed by atoms with Crippen molar-refractivity contribution in [3.05, 3.63) is 34.9 Å². The lowest BCUT2D eigenvalue weighted by Gasteiger charge is -2.08. The molecule has 4 heteroatoms. The molecule has 1 N–H and O–H groups in total. The Kier molecular flexibility index (Phi) is 5.64. The van der Waals surface area contributed by atoms with Crippen molar-refractivity contribution in [2.75, 3.05) is 6.54 Å². The fourth-order valence-electron chi connectivity index (χ4n) is 1.25. The quantitative estimate of drug-likeness (QED) is 0.807. The van der Waals surface area contributed by atoms with Crippen molar-refractivity contribution in [1.82, 2.24) is 5.32 Å². The van der Waals surface area contributed by atoms with Gasteiger partial charge < -0.3 is 5.32 Å². The Labute approximate surface area is 106 Å². The molecule has 0 heterocycles. The van der Waals surface area contributed by atoms with Gasteiger partial charge in [0.1, 0.15) is 0 Å². The zero-order valence-electron chi connectivity index (χ0n) is 9.17. The van der Waals surface area contributed by atoms with Crippen molar-refractivity contribution < 1.29 is 4.79 Å². The highest BCUT2D eigenvalue weighted by Crippen LogP contribution is 2.09.